The van der Waals surface area contributed by atoms with Gasteiger partial charge in [0.2, 0.25) is 0 Å². The fraction of sp³-hybridized carbons (Fsp3) is 0.222. The molecular formula is C9H10N2S. The summed E-state index contributed by atoms with van der Waals surface area (Å²) in [6.07, 6.45) is 3.94. The number of hydrogen-bond donors (Lipinski definition) is 1. The average molecular weight is 178 g/mol. The molecule has 0 spiro atoms. The van der Waals surface area contributed by atoms with Gasteiger partial charge in [0.15, 0.2) is 0 Å². The monoisotopic (exact) mass is 178 g/mol. The number of thioether (sulfide) groups is 1. The fourth-order valence-corrected chi connectivity index (χ4v) is 2.00. The number of nitrogens with zero attached hydrogens (tertiary/aromatic N) is 1. The zero-order valence-electron chi connectivity index (χ0n) is 7.09. The van der Waals surface area contributed by atoms with Crippen LogP contribution in [0.3, 0.4) is 0 Å². The Morgan fingerprint density at radius 1 is 1.42 bits per heavy atom. The lowest BCUT2D eigenvalue weighted by Gasteiger charge is -1.99. The summed E-state index contributed by atoms with van der Waals surface area (Å²) in [6.45, 7) is 2.10. The van der Waals surface area contributed by atoms with Gasteiger partial charge in [0.25, 0.3) is 0 Å². The highest BCUT2D eigenvalue weighted by atomic mass is 32.2. The molecule has 2 rings (SSSR count). The summed E-state index contributed by atoms with van der Waals surface area (Å²) < 4.78 is 0. The Balaban J connectivity index is 2.80. The van der Waals surface area contributed by atoms with E-state index in [4.69, 9.17) is 0 Å². The third-order valence-electron chi connectivity index (χ3n) is 1.88. The average Bonchev–Trinajstić information content (AvgIpc) is 2.50. The van der Waals surface area contributed by atoms with Crippen molar-refractivity contribution >= 4 is 22.7 Å². The molecular weight excluding hydrogens is 168 g/mol. The minimum atomic E-state index is 1.15. The molecule has 1 aromatic heterocycles. The highest BCUT2D eigenvalue weighted by Gasteiger charge is 2.02. The molecule has 1 aromatic carbocycles. The Morgan fingerprint density at radius 2 is 2.25 bits per heavy atom. The van der Waals surface area contributed by atoms with E-state index < -0.39 is 0 Å². The van der Waals surface area contributed by atoms with Crippen molar-refractivity contribution in [1.82, 2.24) is 10.2 Å². The highest BCUT2D eigenvalue weighted by Crippen LogP contribution is 2.25. The van der Waals surface area contributed by atoms with E-state index in [-0.39, 0.29) is 0 Å². The Labute approximate surface area is 75.4 Å². The maximum absolute atomic E-state index is 4.01. The number of rotatable bonds is 1. The fourth-order valence-electron chi connectivity index (χ4n) is 1.33. The zero-order valence-corrected chi connectivity index (χ0v) is 7.90. The van der Waals surface area contributed by atoms with Gasteiger partial charge in [0, 0.05) is 10.3 Å². The maximum atomic E-state index is 4.01. The largest absolute Gasteiger partial charge is 0.277 e. The Morgan fingerprint density at radius 3 is 3.00 bits per heavy atom. The Bertz CT molecular complexity index is 406. The smallest absolute Gasteiger partial charge is 0.0786 e. The van der Waals surface area contributed by atoms with Crippen molar-refractivity contribution < 1.29 is 0 Å². The van der Waals surface area contributed by atoms with Gasteiger partial charge in [0.1, 0.15) is 0 Å². The van der Waals surface area contributed by atoms with Crippen molar-refractivity contribution in [1.29, 1.82) is 0 Å². The van der Waals surface area contributed by atoms with Crippen molar-refractivity contribution in [3.63, 3.8) is 0 Å². The molecule has 12 heavy (non-hydrogen) atoms. The molecule has 62 valence electrons. The summed E-state index contributed by atoms with van der Waals surface area (Å²) in [6, 6.07) is 4.31. The van der Waals surface area contributed by atoms with Crippen LogP contribution >= 0.6 is 11.8 Å². The summed E-state index contributed by atoms with van der Waals surface area (Å²) in [5, 5.41) is 8.20. The van der Waals surface area contributed by atoms with Crippen molar-refractivity contribution in [2.75, 3.05) is 6.26 Å². The maximum Gasteiger partial charge on any atom is 0.0786 e. The van der Waals surface area contributed by atoms with E-state index in [2.05, 4.69) is 35.5 Å². The SMILES string of the molecule is CSc1cc(C)cc2cn[nH]c12. The van der Waals surface area contributed by atoms with E-state index in [1.54, 1.807) is 11.8 Å². The van der Waals surface area contributed by atoms with Gasteiger partial charge in [-0.1, -0.05) is 0 Å². The second-order valence-electron chi connectivity index (χ2n) is 2.80. The molecule has 1 heterocycles. The Hall–Kier alpha value is -0.960. The first-order chi connectivity index (χ1) is 5.81. The zero-order chi connectivity index (χ0) is 8.55. The van der Waals surface area contributed by atoms with Crippen molar-refractivity contribution in [2.45, 2.75) is 11.8 Å². The number of aromatic amines is 1. The van der Waals surface area contributed by atoms with Crippen LogP contribution in [0, 0.1) is 6.92 Å². The van der Waals surface area contributed by atoms with E-state index in [1.165, 1.54) is 15.8 Å². The Kier molecular flexibility index (Phi) is 1.81. The van der Waals surface area contributed by atoms with Gasteiger partial charge in [-0.3, -0.25) is 5.10 Å². The van der Waals surface area contributed by atoms with Crippen LogP contribution < -0.4 is 0 Å². The van der Waals surface area contributed by atoms with Crippen LogP contribution in [0.5, 0.6) is 0 Å². The first kappa shape index (κ1) is 7.68. The molecule has 0 amide bonds. The molecule has 0 aliphatic carbocycles. The van der Waals surface area contributed by atoms with Gasteiger partial charge in [0.05, 0.1) is 11.7 Å². The van der Waals surface area contributed by atoms with Crippen LogP contribution in [0.25, 0.3) is 10.9 Å². The predicted octanol–water partition coefficient (Wildman–Crippen LogP) is 2.59. The van der Waals surface area contributed by atoms with Gasteiger partial charge >= 0.3 is 0 Å². The molecule has 0 radical (unpaired) electrons. The molecule has 0 aliphatic rings. The van der Waals surface area contributed by atoms with E-state index in [9.17, 15) is 0 Å². The quantitative estimate of drug-likeness (QED) is 0.680. The van der Waals surface area contributed by atoms with Crippen LogP contribution in [0.15, 0.2) is 23.2 Å². The van der Waals surface area contributed by atoms with E-state index >= 15 is 0 Å². The van der Waals surface area contributed by atoms with Gasteiger partial charge in [-0.05, 0) is 30.9 Å². The normalized spacial score (nSPS) is 10.8. The van der Waals surface area contributed by atoms with Crippen LogP contribution in [-0.2, 0) is 0 Å². The summed E-state index contributed by atoms with van der Waals surface area (Å²) in [7, 11) is 0. The summed E-state index contributed by atoms with van der Waals surface area (Å²) in [4.78, 5) is 1.27. The van der Waals surface area contributed by atoms with Crippen molar-refractivity contribution in [3.8, 4) is 0 Å². The number of aromatic nitrogens is 2. The standard InChI is InChI=1S/C9H10N2S/c1-6-3-7-5-10-11-9(7)8(4-6)12-2/h3-5H,1-2H3,(H,10,11). The van der Waals surface area contributed by atoms with Gasteiger partial charge < -0.3 is 0 Å². The lowest BCUT2D eigenvalue weighted by molar-refractivity contribution is 1.11. The molecule has 0 fully saturated rings. The van der Waals surface area contributed by atoms with Crippen LogP contribution in [0.4, 0.5) is 0 Å². The summed E-state index contributed by atoms with van der Waals surface area (Å²) >= 11 is 1.75. The molecule has 2 aromatic rings. The predicted molar refractivity (Wildman–Crippen MR) is 52.6 cm³/mol. The van der Waals surface area contributed by atoms with Crippen LogP contribution in [0.1, 0.15) is 5.56 Å². The summed E-state index contributed by atoms with van der Waals surface area (Å²) in [5.41, 5.74) is 2.43. The second kappa shape index (κ2) is 2.83. The first-order valence-electron chi connectivity index (χ1n) is 3.79. The third kappa shape index (κ3) is 1.10. The lowest BCUT2D eigenvalue weighted by atomic mass is 10.2. The molecule has 3 heteroatoms. The van der Waals surface area contributed by atoms with Gasteiger partial charge in [-0.15, -0.1) is 11.8 Å². The topological polar surface area (TPSA) is 28.7 Å². The lowest BCUT2D eigenvalue weighted by Crippen LogP contribution is -1.78. The van der Waals surface area contributed by atoms with Gasteiger partial charge in [-0.25, -0.2) is 0 Å². The van der Waals surface area contributed by atoms with Crippen molar-refractivity contribution in [3.05, 3.63) is 23.9 Å². The van der Waals surface area contributed by atoms with E-state index in [1.807, 2.05) is 6.20 Å². The second-order valence-corrected chi connectivity index (χ2v) is 3.65. The van der Waals surface area contributed by atoms with Crippen LogP contribution in [0.2, 0.25) is 0 Å². The molecule has 0 saturated heterocycles. The van der Waals surface area contributed by atoms with Crippen molar-refractivity contribution in [2.24, 2.45) is 0 Å². The highest BCUT2D eigenvalue weighted by molar-refractivity contribution is 7.98. The molecule has 0 aliphatic heterocycles. The summed E-state index contributed by atoms with van der Waals surface area (Å²) in [5.74, 6) is 0. The molecule has 1 N–H and O–H groups in total. The molecule has 0 unspecified atom stereocenters. The number of fused-ring (bicyclic) bond motifs is 1. The minimum absolute atomic E-state index is 1.15. The third-order valence-corrected chi connectivity index (χ3v) is 2.64. The number of benzene rings is 1. The minimum Gasteiger partial charge on any atom is -0.277 e. The van der Waals surface area contributed by atoms with Crippen LogP contribution in [-0.4, -0.2) is 16.5 Å². The number of hydrogen-bond acceptors (Lipinski definition) is 2. The first-order valence-corrected chi connectivity index (χ1v) is 5.01. The number of aryl methyl sites for hydroxylation is 1. The molecule has 0 saturated carbocycles. The van der Waals surface area contributed by atoms with Gasteiger partial charge in [-0.2, -0.15) is 5.10 Å². The van der Waals surface area contributed by atoms with E-state index in [0.29, 0.717) is 0 Å². The number of nitrogens with one attached hydrogen (secondary N) is 1. The molecule has 2 nitrogen and oxygen atoms in total. The van der Waals surface area contributed by atoms with E-state index in [0.717, 1.165) is 5.52 Å². The molecule has 0 atom stereocenters. The molecule has 0 bridgehead atoms. The number of H-pyrrole nitrogens is 1.